The number of carboxylic acids is 1. The summed E-state index contributed by atoms with van der Waals surface area (Å²) in [5, 5.41) is 9.17. The lowest BCUT2D eigenvalue weighted by Gasteiger charge is -2.06. The van der Waals surface area contributed by atoms with E-state index >= 15 is 0 Å². The molecule has 0 fully saturated rings. The third-order valence-electron chi connectivity index (χ3n) is 2.16. The van der Waals surface area contributed by atoms with Crippen molar-refractivity contribution in [1.29, 1.82) is 0 Å². The van der Waals surface area contributed by atoms with E-state index in [1.807, 2.05) is 6.26 Å². The maximum absolute atomic E-state index is 10.6. The molecule has 0 bridgehead atoms. The molecule has 0 amide bonds. The summed E-state index contributed by atoms with van der Waals surface area (Å²) in [4.78, 5) is 14.7. The fraction of sp³-hybridized carbons (Fsp3) is 0.273. The molecule has 1 aromatic carbocycles. The molecule has 1 unspecified atom stereocenters. The number of aliphatic imine (C=N–C) groups is 1. The smallest absolute Gasteiger partial charge is 0.320 e. The van der Waals surface area contributed by atoms with Gasteiger partial charge >= 0.3 is 5.97 Å². The molecule has 1 aromatic rings. The second-order valence-corrected chi connectivity index (χ2v) is 4.30. The Morgan fingerprint density at radius 2 is 1.89 bits per heavy atom. The Morgan fingerprint density at radius 3 is 2.32 bits per heavy atom. The minimum Gasteiger partial charge on any atom is -0.480 e. The van der Waals surface area contributed by atoms with E-state index in [1.165, 1.54) is 11.8 Å². The number of thioether (sulfide) groups is 1. The summed E-state index contributed by atoms with van der Waals surface area (Å²) in [5.74, 6) is -1.00. The van der Waals surface area contributed by atoms with Gasteiger partial charge in [-0.1, -0.05) is 23.9 Å². The van der Waals surface area contributed by atoms with Crippen LogP contribution in [0.15, 0.2) is 29.3 Å². The first-order chi connectivity index (χ1) is 8.02. The molecule has 1 rings (SSSR count). The molecule has 0 aliphatic carbocycles. The van der Waals surface area contributed by atoms with Crippen LogP contribution >= 0.6 is 36.6 Å². The molecule has 0 aliphatic heterocycles. The highest BCUT2D eigenvalue weighted by molar-refractivity contribution is 8.13. The van der Waals surface area contributed by atoms with Gasteiger partial charge in [0.1, 0.15) is 6.04 Å². The van der Waals surface area contributed by atoms with Gasteiger partial charge in [0.05, 0.1) is 5.69 Å². The molecular formula is C11H17Cl2N3O2S. The summed E-state index contributed by atoms with van der Waals surface area (Å²) in [7, 11) is 0. The van der Waals surface area contributed by atoms with E-state index < -0.39 is 12.0 Å². The Bertz CT molecular complexity index is 426. The molecule has 5 nitrogen and oxygen atoms in total. The van der Waals surface area contributed by atoms with E-state index in [1.54, 1.807) is 24.3 Å². The zero-order valence-electron chi connectivity index (χ0n) is 10.3. The molecule has 5 N–H and O–H groups in total. The van der Waals surface area contributed by atoms with Crippen molar-refractivity contribution in [1.82, 2.24) is 0 Å². The molecule has 108 valence electrons. The van der Waals surface area contributed by atoms with Crippen molar-refractivity contribution in [2.45, 2.75) is 12.5 Å². The van der Waals surface area contributed by atoms with Crippen molar-refractivity contribution in [3.05, 3.63) is 29.8 Å². The molecular weight excluding hydrogens is 309 g/mol. The molecule has 0 aliphatic rings. The molecule has 0 heterocycles. The van der Waals surface area contributed by atoms with Crippen molar-refractivity contribution < 1.29 is 9.90 Å². The van der Waals surface area contributed by atoms with E-state index in [2.05, 4.69) is 4.99 Å². The van der Waals surface area contributed by atoms with Gasteiger partial charge in [-0.25, -0.2) is 4.99 Å². The lowest BCUT2D eigenvalue weighted by Crippen LogP contribution is -2.32. The number of halogens is 2. The van der Waals surface area contributed by atoms with Crippen LogP contribution in [-0.4, -0.2) is 28.5 Å². The third kappa shape index (κ3) is 7.27. The van der Waals surface area contributed by atoms with Crippen LogP contribution in [0.4, 0.5) is 5.69 Å². The van der Waals surface area contributed by atoms with Crippen molar-refractivity contribution in [3.8, 4) is 0 Å². The van der Waals surface area contributed by atoms with E-state index in [0.29, 0.717) is 11.6 Å². The Kier molecular flexibility index (Phi) is 10.6. The minimum atomic E-state index is -1.00. The number of benzene rings is 1. The Labute approximate surface area is 128 Å². The molecule has 0 radical (unpaired) electrons. The summed E-state index contributed by atoms with van der Waals surface area (Å²) < 4.78 is 0. The zero-order chi connectivity index (χ0) is 12.8. The highest BCUT2D eigenvalue weighted by Crippen LogP contribution is 2.15. The summed E-state index contributed by atoms with van der Waals surface area (Å²) in [6.45, 7) is 0. The molecule has 19 heavy (non-hydrogen) atoms. The monoisotopic (exact) mass is 325 g/mol. The normalized spacial score (nSPS) is 12.0. The van der Waals surface area contributed by atoms with Gasteiger partial charge in [0.25, 0.3) is 0 Å². The number of carboxylic acid groups (broad SMARTS) is 1. The molecule has 8 heteroatoms. The first-order valence-electron chi connectivity index (χ1n) is 4.98. The van der Waals surface area contributed by atoms with Gasteiger partial charge in [-0.2, -0.15) is 0 Å². The lowest BCUT2D eigenvalue weighted by molar-refractivity contribution is -0.138. The number of aliphatic carboxylic acids is 1. The Balaban J connectivity index is 0. The number of nitrogens with two attached hydrogens (primary N) is 2. The second-order valence-electron chi connectivity index (χ2n) is 3.47. The first-order valence-corrected chi connectivity index (χ1v) is 6.21. The fourth-order valence-corrected chi connectivity index (χ4v) is 1.42. The van der Waals surface area contributed by atoms with Gasteiger partial charge in [-0.05, 0) is 30.4 Å². The largest absolute Gasteiger partial charge is 0.480 e. The van der Waals surface area contributed by atoms with Crippen LogP contribution in [-0.2, 0) is 11.2 Å². The number of carbonyl (C=O) groups is 1. The van der Waals surface area contributed by atoms with Crippen LogP contribution in [0, 0.1) is 0 Å². The Morgan fingerprint density at radius 1 is 1.37 bits per heavy atom. The van der Waals surface area contributed by atoms with Crippen LogP contribution in [0.1, 0.15) is 5.56 Å². The molecule has 0 aromatic heterocycles. The zero-order valence-corrected chi connectivity index (χ0v) is 12.7. The van der Waals surface area contributed by atoms with Crippen molar-refractivity contribution >= 4 is 53.4 Å². The average molecular weight is 326 g/mol. The molecule has 0 saturated carbocycles. The van der Waals surface area contributed by atoms with Gasteiger partial charge in [0.2, 0.25) is 0 Å². The highest BCUT2D eigenvalue weighted by Gasteiger charge is 2.11. The van der Waals surface area contributed by atoms with E-state index in [9.17, 15) is 4.79 Å². The van der Waals surface area contributed by atoms with E-state index in [4.69, 9.17) is 16.6 Å². The van der Waals surface area contributed by atoms with Crippen LogP contribution < -0.4 is 11.5 Å². The number of nitrogens with zero attached hydrogens (tertiary/aromatic N) is 1. The topological polar surface area (TPSA) is 102 Å². The van der Waals surface area contributed by atoms with Gasteiger partial charge in [0, 0.05) is 0 Å². The van der Waals surface area contributed by atoms with Crippen LogP contribution in [0.5, 0.6) is 0 Å². The van der Waals surface area contributed by atoms with E-state index in [0.717, 1.165) is 11.3 Å². The summed E-state index contributed by atoms with van der Waals surface area (Å²) in [6, 6.07) is 6.30. The fourth-order valence-electron chi connectivity index (χ4n) is 1.22. The molecule has 1 atom stereocenters. The number of hydrogen-bond donors (Lipinski definition) is 3. The van der Waals surface area contributed by atoms with Gasteiger partial charge in [-0.3, -0.25) is 4.79 Å². The Hall–Kier alpha value is -0.950. The predicted octanol–water partition coefficient (Wildman–Crippen LogP) is 1.79. The van der Waals surface area contributed by atoms with Crippen LogP contribution in [0.2, 0.25) is 0 Å². The van der Waals surface area contributed by atoms with Gasteiger partial charge in [-0.15, -0.1) is 24.8 Å². The van der Waals surface area contributed by atoms with Crippen molar-refractivity contribution in [2.75, 3.05) is 6.26 Å². The average Bonchev–Trinajstić information content (AvgIpc) is 2.31. The number of hydrogen-bond acceptors (Lipinski definition) is 4. The maximum atomic E-state index is 10.6. The lowest BCUT2D eigenvalue weighted by atomic mass is 10.1. The van der Waals surface area contributed by atoms with E-state index in [-0.39, 0.29) is 24.8 Å². The van der Waals surface area contributed by atoms with Gasteiger partial charge in [0.15, 0.2) is 5.17 Å². The van der Waals surface area contributed by atoms with Crippen molar-refractivity contribution in [2.24, 2.45) is 16.5 Å². The SMILES string of the molecule is CSC(N)=Nc1ccc(CC(N)C(=O)O)cc1.Cl.Cl. The van der Waals surface area contributed by atoms with Gasteiger partial charge < -0.3 is 16.6 Å². The summed E-state index contributed by atoms with van der Waals surface area (Å²) >= 11 is 1.37. The van der Waals surface area contributed by atoms with Crippen LogP contribution in [0.3, 0.4) is 0 Å². The first kappa shape index (κ1) is 20.4. The summed E-state index contributed by atoms with van der Waals surface area (Å²) in [5.41, 5.74) is 12.6. The standard InChI is InChI=1S/C11H15N3O2S.2ClH/c1-17-11(13)14-8-4-2-7(3-5-8)6-9(12)10(15)16;;/h2-5,9H,6,12H2,1H3,(H2,13,14)(H,15,16);2*1H. The molecule has 0 spiro atoms. The quantitative estimate of drug-likeness (QED) is 0.578. The predicted molar refractivity (Wildman–Crippen MR) is 85.1 cm³/mol. The molecule has 0 saturated heterocycles. The second kappa shape index (κ2) is 9.91. The highest BCUT2D eigenvalue weighted by atomic mass is 35.5. The van der Waals surface area contributed by atoms with Crippen LogP contribution in [0.25, 0.3) is 0 Å². The minimum absolute atomic E-state index is 0. The maximum Gasteiger partial charge on any atom is 0.320 e. The van der Waals surface area contributed by atoms with Crippen molar-refractivity contribution in [3.63, 3.8) is 0 Å². The summed E-state index contributed by atoms with van der Waals surface area (Å²) in [6.07, 6.45) is 2.15. The number of rotatable bonds is 4. The number of amidine groups is 1. The third-order valence-corrected chi connectivity index (χ3v) is 2.67.